The van der Waals surface area contributed by atoms with E-state index in [2.05, 4.69) is 16.5 Å². The van der Waals surface area contributed by atoms with Crippen molar-refractivity contribution in [1.82, 2.24) is 20.0 Å². The molecule has 4 aromatic rings. The fourth-order valence-corrected chi connectivity index (χ4v) is 5.92. The number of hydrogen-bond donors (Lipinski definition) is 2. The van der Waals surface area contributed by atoms with Crippen LogP contribution in [0.4, 0.5) is 0 Å². The third-order valence-corrected chi connectivity index (χ3v) is 8.36. The van der Waals surface area contributed by atoms with Crippen molar-refractivity contribution >= 4 is 17.8 Å². The molecule has 1 aromatic heterocycles. The third-order valence-electron chi connectivity index (χ3n) is 8.36. The highest BCUT2D eigenvalue weighted by atomic mass is 16.5. The lowest BCUT2D eigenvalue weighted by Gasteiger charge is -2.36. The van der Waals surface area contributed by atoms with Crippen molar-refractivity contribution in [1.29, 1.82) is 0 Å². The Bertz CT molecular complexity index is 1580. The Morgan fingerprint density at radius 2 is 1.67 bits per heavy atom. The molecule has 0 bridgehead atoms. The molecule has 1 aliphatic rings. The Morgan fingerprint density at radius 3 is 2.36 bits per heavy atom. The number of ether oxygens (including phenoxy) is 1. The molecule has 1 aliphatic heterocycles. The second-order valence-corrected chi connectivity index (χ2v) is 11.6. The van der Waals surface area contributed by atoms with Crippen molar-refractivity contribution in [2.75, 3.05) is 19.6 Å². The maximum atomic E-state index is 13.4. The van der Waals surface area contributed by atoms with Crippen molar-refractivity contribution in [3.05, 3.63) is 108 Å². The monoisotopic (exact) mass is 608 g/mol. The van der Waals surface area contributed by atoms with Crippen LogP contribution < -0.4 is 10.1 Å². The molecule has 2 heterocycles. The first-order chi connectivity index (χ1) is 21.9. The second kappa shape index (κ2) is 15.2. The molecule has 2 N–H and O–H groups in total. The average molecular weight is 609 g/mol. The molecule has 9 nitrogen and oxygen atoms in total. The number of rotatable bonds is 13. The van der Waals surface area contributed by atoms with Gasteiger partial charge < -0.3 is 20.1 Å². The molecule has 0 saturated carbocycles. The van der Waals surface area contributed by atoms with Gasteiger partial charge in [0, 0.05) is 44.9 Å². The molecule has 0 aliphatic carbocycles. The number of piperidine rings is 1. The number of carboxylic acids is 1. The number of carboxylic acid groups (broad SMARTS) is 1. The highest BCUT2D eigenvalue weighted by molar-refractivity contribution is 5.84. The Kier molecular flexibility index (Phi) is 10.6. The van der Waals surface area contributed by atoms with E-state index in [0.717, 1.165) is 27.8 Å². The zero-order valence-corrected chi connectivity index (χ0v) is 25.6. The lowest BCUT2D eigenvalue weighted by Crippen LogP contribution is -2.43. The standard InChI is InChI=1S/C36H40N4O5/c1-39-24-31(23-38-39)30-9-5-8-26(22-30)10-15-33(41)40-20-17-29(18-21-40)35(36(44)37-19-16-34(42)43)28-11-13-32(14-12-28)45-25-27-6-3-2-4-7-27/h2-9,11-14,22-24,29,35H,10,15-21,25H2,1H3,(H,37,44)(H,42,43)/t35-/m1/s1. The Balaban J connectivity index is 1.18. The number of hydrogen-bond acceptors (Lipinski definition) is 5. The minimum Gasteiger partial charge on any atom is -0.489 e. The molecule has 0 unspecified atom stereocenters. The fraction of sp³-hybridized carbons (Fsp3) is 0.333. The maximum absolute atomic E-state index is 13.4. The first-order valence-electron chi connectivity index (χ1n) is 15.5. The zero-order chi connectivity index (χ0) is 31.6. The van der Waals surface area contributed by atoms with Gasteiger partial charge in [0.15, 0.2) is 0 Å². The molecule has 1 fully saturated rings. The van der Waals surface area contributed by atoms with Crippen molar-refractivity contribution in [3.63, 3.8) is 0 Å². The van der Waals surface area contributed by atoms with Crippen LogP contribution in [0.25, 0.3) is 11.1 Å². The summed E-state index contributed by atoms with van der Waals surface area (Å²) >= 11 is 0. The quantitative estimate of drug-likeness (QED) is 0.215. The minimum absolute atomic E-state index is 0.0196. The summed E-state index contributed by atoms with van der Waals surface area (Å²) in [6.07, 6.45) is 6.12. The van der Waals surface area contributed by atoms with Gasteiger partial charge in [0.05, 0.1) is 18.5 Å². The van der Waals surface area contributed by atoms with Gasteiger partial charge in [0.2, 0.25) is 11.8 Å². The minimum atomic E-state index is -0.956. The number of likely N-dealkylation sites (tertiary alicyclic amines) is 1. The van der Waals surface area contributed by atoms with E-state index in [1.165, 1.54) is 0 Å². The molecular weight excluding hydrogens is 568 g/mol. The van der Waals surface area contributed by atoms with Crippen molar-refractivity contribution in [2.24, 2.45) is 13.0 Å². The van der Waals surface area contributed by atoms with E-state index in [1.54, 1.807) is 4.68 Å². The number of benzene rings is 3. The number of nitrogens with zero attached hydrogens (tertiary/aromatic N) is 3. The predicted octanol–water partition coefficient (Wildman–Crippen LogP) is 5.21. The molecule has 1 atom stereocenters. The lowest BCUT2D eigenvalue weighted by atomic mass is 9.79. The number of carbonyl (C=O) groups is 3. The van der Waals surface area contributed by atoms with Crippen LogP contribution in [-0.4, -0.2) is 57.2 Å². The van der Waals surface area contributed by atoms with E-state index in [4.69, 9.17) is 9.84 Å². The maximum Gasteiger partial charge on any atom is 0.305 e. The molecule has 234 valence electrons. The van der Waals surface area contributed by atoms with E-state index in [-0.39, 0.29) is 30.7 Å². The topological polar surface area (TPSA) is 114 Å². The van der Waals surface area contributed by atoms with Gasteiger partial charge in [-0.25, -0.2) is 0 Å². The summed E-state index contributed by atoms with van der Waals surface area (Å²) in [6.45, 7) is 1.68. The summed E-state index contributed by atoms with van der Waals surface area (Å²) in [5, 5.41) is 16.1. The second-order valence-electron chi connectivity index (χ2n) is 11.6. The van der Waals surface area contributed by atoms with E-state index < -0.39 is 11.9 Å². The van der Waals surface area contributed by atoms with Crippen LogP contribution in [-0.2, 0) is 34.5 Å². The van der Waals surface area contributed by atoms with Gasteiger partial charge in [-0.05, 0) is 59.6 Å². The molecule has 2 amide bonds. The van der Waals surface area contributed by atoms with Gasteiger partial charge in [0.1, 0.15) is 12.4 Å². The SMILES string of the molecule is Cn1cc(-c2cccc(CCC(=O)N3CCC([C@H](C(=O)NCCC(=O)O)c4ccc(OCc5ccccc5)cc4)CC3)c2)cn1. The molecule has 0 radical (unpaired) electrons. The van der Waals surface area contributed by atoms with E-state index in [0.29, 0.717) is 51.1 Å². The molecule has 1 saturated heterocycles. The molecule has 0 spiro atoms. The number of nitrogens with one attached hydrogen (secondary N) is 1. The van der Waals surface area contributed by atoms with Crippen LogP contribution in [0, 0.1) is 5.92 Å². The van der Waals surface area contributed by atoms with Crippen LogP contribution in [0.1, 0.15) is 48.3 Å². The summed E-state index contributed by atoms with van der Waals surface area (Å²) in [5.74, 6) is -0.753. The van der Waals surface area contributed by atoms with Crippen molar-refractivity contribution < 1.29 is 24.2 Å². The van der Waals surface area contributed by atoms with Crippen molar-refractivity contribution in [3.8, 4) is 16.9 Å². The van der Waals surface area contributed by atoms with Gasteiger partial charge >= 0.3 is 5.97 Å². The van der Waals surface area contributed by atoms with Gasteiger partial charge in [-0.15, -0.1) is 0 Å². The average Bonchev–Trinajstić information content (AvgIpc) is 3.50. The Morgan fingerprint density at radius 1 is 0.933 bits per heavy atom. The third kappa shape index (κ3) is 8.81. The van der Waals surface area contributed by atoms with Crippen LogP contribution in [0.5, 0.6) is 5.75 Å². The van der Waals surface area contributed by atoms with Crippen LogP contribution in [0.3, 0.4) is 0 Å². The Hall–Kier alpha value is -4.92. The smallest absolute Gasteiger partial charge is 0.305 e. The molecule has 9 heteroatoms. The number of amides is 2. The summed E-state index contributed by atoms with van der Waals surface area (Å²) in [4.78, 5) is 39.5. The number of aliphatic carboxylic acids is 1. The first-order valence-corrected chi connectivity index (χ1v) is 15.5. The molecule has 45 heavy (non-hydrogen) atoms. The van der Waals surface area contributed by atoms with E-state index in [9.17, 15) is 14.4 Å². The van der Waals surface area contributed by atoms with Gasteiger partial charge in [-0.2, -0.15) is 5.10 Å². The molecular formula is C36H40N4O5. The Labute approximate surface area is 263 Å². The summed E-state index contributed by atoms with van der Waals surface area (Å²) in [7, 11) is 1.89. The van der Waals surface area contributed by atoms with E-state index >= 15 is 0 Å². The summed E-state index contributed by atoms with van der Waals surface area (Å²) in [6, 6.07) is 25.7. The van der Waals surface area contributed by atoms with Crippen LogP contribution >= 0.6 is 0 Å². The van der Waals surface area contributed by atoms with E-state index in [1.807, 2.05) is 97.1 Å². The van der Waals surface area contributed by atoms with Crippen LogP contribution in [0.2, 0.25) is 0 Å². The summed E-state index contributed by atoms with van der Waals surface area (Å²) < 4.78 is 7.71. The number of aromatic nitrogens is 2. The highest BCUT2D eigenvalue weighted by Gasteiger charge is 2.33. The summed E-state index contributed by atoms with van der Waals surface area (Å²) in [5.41, 5.74) is 5.15. The molecule has 3 aromatic carbocycles. The van der Waals surface area contributed by atoms with Gasteiger partial charge in [0.25, 0.3) is 0 Å². The van der Waals surface area contributed by atoms with Crippen LogP contribution in [0.15, 0.2) is 91.3 Å². The fourth-order valence-electron chi connectivity index (χ4n) is 5.92. The van der Waals surface area contributed by atoms with Crippen molar-refractivity contribution in [2.45, 2.75) is 44.6 Å². The van der Waals surface area contributed by atoms with Gasteiger partial charge in [-0.3, -0.25) is 19.1 Å². The normalized spacial score (nSPS) is 14.1. The number of aryl methyl sites for hydroxylation is 2. The predicted molar refractivity (Wildman–Crippen MR) is 171 cm³/mol. The zero-order valence-electron chi connectivity index (χ0n) is 25.6. The highest BCUT2D eigenvalue weighted by Crippen LogP contribution is 2.34. The first kappa shape index (κ1) is 31.5. The molecule has 5 rings (SSSR count). The van der Waals surface area contributed by atoms with Gasteiger partial charge in [-0.1, -0.05) is 66.7 Å². The largest absolute Gasteiger partial charge is 0.489 e. The number of carbonyl (C=O) groups excluding carboxylic acids is 2. The lowest BCUT2D eigenvalue weighted by molar-refractivity contribution is -0.137.